The van der Waals surface area contributed by atoms with E-state index in [1.54, 1.807) is 0 Å². The first-order valence-electron chi connectivity index (χ1n) is 10.7. The molecule has 7 nitrogen and oxygen atoms in total. The van der Waals surface area contributed by atoms with Gasteiger partial charge in [-0.15, -0.1) is 0 Å². The second kappa shape index (κ2) is 9.13. The van der Waals surface area contributed by atoms with Crippen LogP contribution in [-0.4, -0.2) is 68.8 Å². The topological polar surface area (TPSA) is 58.5 Å². The Morgan fingerprint density at radius 1 is 1.00 bits per heavy atom. The van der Waals surface area contributed by atoms with Gasteiger partial charge in [0.05, 0.1) is 31.0 Å². The summed E-state index contributed by atoms with van der Waals surface area (Å²) in [5.41, 5.74) is 3.25. The Morgan fingerprint density at radius 3 is 2.61 bits per heavy atom. The molecule has 2 aliphatic heterocycles. The van der Waals surface area contributed by atoms with Crippen LogP contribution in [0.1, 0.15) is 23.5 Å². The molecule has 0 bridgehead atoms. The first-order chi connectivity index (χ1) is 15.3. The summed E-state index contributed by atoms with van der Waals surface area (Å²) in [5, 5.41) is 4.33. The Hall–Kier alpha value is -2.81. The fourth-order valence-electron chi connectivity index (χ4n) is 4.42. The number of hydrogen-bond acceptors (Lipinski definition) is 5. The molecule has 2 aliphatic rings. The fourth-order valence-corrected chi connectivity index (χ4v) is 4.75. The summed E-state index contributed by atoms with van der Waals surface area (Å²) in [5.74, 6) is 0. The SMILES string of the molecule is S=C1NC(c2ccccn2)C(c2cccn2-c2ccncc2)N1CCN1CCOCC1. The van der Waals surface area contributed by atoms with Crippen molar-refractivity contribution in [1.29, 1.82) is 0 Å². The molecule has 31 heavy (non-hydrogen) atoms. The number of nitrogens with one attached hydrogen (secondary N) is 1. The highest BCUT2D eigenvalue weighted by molar-refractivity contribution is 7.80. The molecule has 2 fully saturated rings. The minimum Gasteiger partial charge on any atom is -0.379 e. The molecule has 1 N–H and O–H groups in total. The highest BCUT2D eigenvalue weighted by Crippen LogP contribution is 2.39. The zero-order chi connectivity index (χ0) is 21.0. The van der Waals surface area contributed by atoms with E-state index in [-0.39, 0.29) is 12.1 Å². The average molecular weight is 435 g/mol. The van der Waals surface area contributed by atoms with Crippen molar-refractivity contribution < 1.29 is 4.74 Å². The maximum absolute atomic E-state index is 5.82. The van der Waals surface area contributed by atoms with E-state index in [2.05, 4.69) is 54.0 Å². The maximum Gasteiger partial charge on any atom is 0.170 e. The quantitative estimate of drug-likeness (QED) is 0.599. The summed E-state index contributed by atoms with van der Waals surface area (Å²) in [6.07, 6.45) is 7.59. The number of ether oxygens (including phenoxy) is 1. The zero-order valence-corrected chi connectivity index (χ0v) is 18.1. The summed E-state index contributed by atoms with van der Waals surface area (Å²) in [4.78, 5) is 13.6. The monoisotopic (exact) mass is 434 g/mol. The van der Waals surface area contributed by atoms with Gasteiger partial charge >= 0.3 is 0 Å². The van der Waals surface area contributed by atoms with Crippen LogP contribution in [0.4, 0.5) is 0 Å². The lowest BCUT2D eigenvalue weighted by molar-refractivity contribution is 0.0349. The molecular formula is C23H26N6OS. The molecule has 0 spiro atoms. The molecule has 2 saturated heterocycles. The Balaban J connectivity index is 1.49. The van der Waals surface area contributed by atoms with Crippen LogP contribution in [0.15, 0.2) is 67.3 Å². The average Bonchev–Trinajstić information content (AvgIpc) is 3.44. The van der Waals surface area contributed by atoms with E-state index in [4.69, 9.17) is 17.0 Å². The fraction of sp³-hybridized carbons (Fsp3) is 0.348. The second-order valence-corrected chi connectivity index (χ2v) is 8.17. The van der Waals surface area contributed by atoms with Gasteiger partial charge < -0.3 is 19.5 Å². The number of rotatable bonds is 6. The molecule has 0 saturated carbocycles. The van der Waals surface area contributed by atoms with Crippen LogP contribution >= 0.6 is 12.2 Å². The van der Waals surface area contributed by atoms with Crippen LogP contribution in [0, 0.1) is 0 Å². The molecule has 5 rings (SSSR count). The Labute approximate surface area is 187 Å². The van der Waals surface area contributed by atoms with Crippen LogP contribution in [-0.2, 0) is 4.74 Å². The molecule has 0 radical (unpaired) electrons. The van der Waals surface area contributed by atoms with E-state index >= 15 is 0 Å². The Kier molecular flexibility index (Phi) is 5.93. The number of nitrogens with zero attached hydrogens (tertiary/aromatic N) is 5. The number of hydrogen-bond donors (Lipinski definition) is 1. The summed E-state index contributed by atoms with van der Waals surface area (Å²) >= 11 is 5.82. The molecule has 0 aliphatic carbocycles. The van der Waals surface area contributed by atoms with Gasteiger partial charge in [0, 0.05) is 62.3 Å². The minimum atomic E-state index is -0.0196. The third-order valence-corrected chi connectivity index (χ3v) is 6.34. The lowest BCUT2D eigenvalue weighted by atomic mass is 10.0. The lowest BCUT2D eigenvalue weighted by Gasteiger charge is -2.32. The highest BCUT2D eigenvalue weighted by atomic mass is 32.1. The van der Waals surface area contributed by atoms with Gasteiger partial charge in [0.25, 0.3) is 0 Å². The van der Waals surface area contributed by atoms with Gasteiger partial charge in [-0.2, -0.15) is 0 Å². The van der Waals surface area contributed by atoms with E-state index in [1.807, 2.05) is 42.9 Å². The molecule has 3 aromatic rings. The van der Waals surface area contributed by atoms with Gasteiger partial charge in [0.1, 0.15) is 0 Å². The van der Waals surface area contributed by atoms with Crippen molar-refractivity contribution in [1.82, 2.24) is 29.7 Å². The van der Waals surface area contributed by atoms with Crippen molar-refractivity contribution in [3.63, 3.8) is 0 Å². The van der Waals surface area contributed by atoms with Crippen molar-refractivity contribution in [2.45, 2.75) is 12.1 Å². The Bertz CT molecular complexity index is 1010. The maximum atomic E-state index is 5.82. The van der Waals surface area contributed by atoms with Gasteiger partial charge in [-0.3, -0.25) is 14.9 Å². The molecule has 8 heteroatoms. The van der Waals surface area contributed by atoms with Crippen LogP contribution in [0.5, 0.6) is 0 Å². The largest absolute Gasteiger partial charge is 0.379 e. The van der Waals surface area contributed by atoms with Gasteiger partial charge in [0.2, 0.25) is 0 Å². The number of aromatic nitrogens is 3. The number of pyridine rings is 2. The van der Waals surface area contributed by atoms with E-state index in [0.29, 0.717) is 0 Å². The third-order valence-electron chi connectivity index (χ3n) is 5.98. The van der Waals surface area contributed by atoms with Crippen molar-refractivity contribution in [2.24, 2.45) is 0 Å². The van der Waals surface area contributed by atoms with E-state index in [0.717, 1.165) is 55.9 Å². The lowest BCUT2D eigenvalue weighted by Crippen LogP contribution is -2.42. The summed E-state index contributed by atoms with van der Waals surface area (Å²) in [6, 6.07) is 14.4. The van der Waals surface area contributed by atoms with Gasteiger partial charge in [-0.05, 0) is 48.6 Å². The summed E-state index contributed by atoms with van der Waals surface area (Å²) in [7, 11) is 0. The van der Waals surface area contributed by atoms with Crippen LogP contribution in [0.3, 0.4) is 0 Å². The highest BCUT2D eigenvalue weighted by Gasteiger charge is 2.41. The van der Waals surface area contributed by atoms with Crippen molar-refractivity contribution in [2.75, 3.05) is 39.4 Å². The third kappa shape index (κ3) is 4.19. The van der Waals surface area contributed by atoms with E-state index in [9.17, 15) is 0 Å². The molecule has 2 unspecified atom stereocenters. The standard InChI is InChI=1S/C23H26N6OS/c31-23-26-21(19-4-1-2-8-25-19)22(29(23)13-12-27-14-16-30-17-15-27)20-5-3-11-28(20)18-6-9-24-10-7-18/h1-11,21-22H,12-17H2,(H,26,31). The molecule has 0 aromatic carbocycles. The first-order valence-corrected chi connectivity index (χ1v) is 11.1. The molecule has 5 heterocycles. The number of thiocarbonyl (C=S) groups is 1. The van der Waals surface area contributed by atoms with Gasteiger partial charge in [-0.25, -0.2) is 0 Å². The minimum absolute atomic E-state index is 0.0196. The Morgan fingerprint density at radius 2 is 1.84 bits per heavy atom. The van der Waals surface area contributed by atoms with Crippen molar-refractivity contribution in [3.8, 4) is 5.69 Å². The van der Waals surface area contributed by atoms with Crippen molar-refractivity contribution in [3.05, 3.63) is 78.6 Å². The predicted octanol–water partition coefficient (Wildman–Crippen LogP) is 2.57. The molecule has 2 atom stereocenters. The molecular weight excluding hydrogens is 408 g/mol. The number of morpholine rings is 1. The van der Waals surface area contributed by atoms with E-state index in [1.165, 1.54) is 5.69 Å². The second-order valence-electron chi connectivity index (χ2n) is 7.78. The summed E-state index contributed by atoms with van der Waals surface area (Å²) in [6.45, 7) is 5.33. The zero-order valence-electron chi connectivity index (χ0n) is 17.3. The summed E-state index contributed by atoms with van der Waals surface area (Å²) < 4.78 is 7.72. The van der Waals surface area contributed by atoms with Crippen LogP contribution in [0.25, 0.3) is 5.69 Å². The smallest absolute Gasteiger partial charge is 0.170 e. The van der Waals surface area contributed by atoms with Gasteiger partial charge in [-0.1, -0.05) is 6.07 Å². The molecule has 0 amide bonds. The van der Waals surface area contributed by atoms with Crippen molar-refractivity contribution >= 4 is 17.3 Å². The normalized spacial score (nSPS) is 21.9. The van der Waals surface area contributed by atoms with E-state index < -0.39 is 0 Å². The van der Waals surface area contributed by atoms with Gasteiger partial charge in [0.15, 0.2) is 5.11 Å². The molecule has 160 valence electrons. The van der Waals surface area contributed by atoms with Crippen LogP contribution in [0.2, 0.25) is 0 Å². The first kappa shape index (κ1) is 20.1. The van der Waals surface area contributed by atoms with Crippen LogP contribution < -0.4 is 5.32 Å². The predicted molar refractivity (Wildman–Crippen MR) is 123 cm³/mol. The molecule has 3 aromatic heterocycles.